The van der Waals surface area contributed by atoms with Gasteiger partial charge in [-0.3, -0.25) is 14.5 Å². The fraction of sp³-hybridized carbons (Fsp3) is 0.391. The van der Waals surface area contributed by atoms with Crippen LogP contribution in [0, 0.1) is 0 Å². The number of nitrogens with one attached hydrogen (secondary N) is 2. The summed E-state index contributed by atoms with van der Waals surface area (Å²) < 4.78 is 11.9. The van der Waals surface area contributed by atoms with Crippen molar-refractivity contribution in [1.82, 2.24) is 10.2 Å². The lowest BCUT2D eigenvalue weighted by molar-refractivity contribution is -0.127. The van der Waals surface area contributed by atoms with Crippen molar-refractivity contribution in [2.75, 3.05) is 38.2 Å². The molecule has 0 bridgehead atoms. The van der Waals surface area contributed by atoms with Crippen LogP contribution in [0.4, 0.5) is 5.69 Å². The average Bonchev–Trinajstić information content (AvgIpc) is 2.78. The molecule has 2 N–H and O–H groups in total. The predicted octanol–water partition coefficient (Wildman–Crippen LogP) is 3.19. The van der Waals surface area contributed by atoms with E-state index in [9.17, 15) is 9.59 Å². The standard InChI is InChI=1S/C23H28BrN3O4/c1-17(31-21-7-5-19(24)6-8-21)23(29)25-16-18-3-2-4-20(15-18)26-22(28)9-10-27-11-13-30-14-12-27/h2-8,15,17H,9-14,16H2,1H3,(H,25,29)(H,26,28). The van der Waals surface area contributed by atoms with Crippen LogP contribution < -0.4 is 15.4 Å². The van der Waals surface area contributed by atoms with E-state index in [2.05, 4.69) is 31.5 Å². The zero-order valence-corrected chi connectivity index (χ0v) is 19.2. The maximum Gasteiger partial charge on any atom is 0.261 e. The molecule has 1 aliphatic rings. The van der Waals surface area contributed by atoms with Crippen LogP contribution in [0.15, 0.2) is 53.0 Å². The van der Waals surface area contributed by atoms with Gasteiger partial charge in [-0.15, -0.1) is 0 Å². The van der Waals surface area contributed by atoms with Crippen LogP contribution in [0.3, 0.4) is 0 Å². The Morgan fingerprint density at radius 1 is 1.16 bits per heavy atom. The third-order valence-electron chi connectivity index (χ3n) is 4.93. The van der Waals surface area contributed by atoms with Crippen molar-refractivity contribution in [2.24, 2.45) is 0 Å². The summed E-state index contributed by atoms with van der Waals surface area (Å²) in [5, 5.41) is 5.81. The van der Waals surface area contributed by atoms with Crippen LogP contribution in [-0.2, 0) is 20.9 Å². The molecule has 2 aromatic rings. The quantitative estimate of drug-likeness (QED) is 0.565. The molecule has 1 aliphatic heterocycles. The highest BCUT2D eigenvalue weighted by atomic mass is 79.9. The zero-order chi connectivity index (χ0) is 22.1. The molecule has 31 heavy (non-hydrogen) atoms. The van der Waals surface area contributed by atoms with E-state index in [1.807, 2.05) is 36.4 Å². The normalized spacial score (nSPS) is 15.2. The summed E-state index contributed by atoms with van der Waals surface area (Å²) in [6, 6.07) is 14.8. The highest BCUT2D eigenvalue weighted by molar-refractivity contribution is 9.10. The molecule has 0 radical (unpaired) electrons. The van der Waals surface area contributed by atoms with E-state index in [-0.39, 0.29) is 11.8 Å². The van der Waals surface area contributed by atoms with E-state index in [0.29, 0.717) is 18.7 Å². The molecule has 1 saturated heterocycles. The van der Waals surface area contributed by atoms with Gasteiger partial charge in [-0.1, -0.05) is 28.1 Å². The molecule has 166 valence electrons. The number of nitrogens with zero attached hydrogens (tertiary/aromatic N) is 1. The van der Waals surface area contributed by atoms with Crippen molar-refractivity contribution < 1.29 is 19.1 Å². The number of rotatable bonds is 9. The summed E-state index contributed by atoms with van der Waals surface area (Å²) in [6.07, 6.45) is -0.185. The molecule has 0 aromatic heterocycles. The van der Waals surface area contributed by atoms with Crippen molar-refractivity contribution in [3.05, 3.63) is 58.6 Å². The molecule has 0 spiro atoms. The first-order valence-corrected chi connectivity index (χ1v) is 11.2. The summed E-state index contributed by atoms with van der Waals surface area (Å²) in [6.45, 7) is 5.97. The Balaban J connectivity index is 1.43. The first-order chi connectivity index (χ1) is 15.0. The summed E-state index contributed by atoms with van der Waals surface area (Å²) in [7, 11) is 0. The Morgan fingerprint density at radius 3 is 2.65 bits per heavy atom. The molecule has 1 fully saturated rings. The molecular formula is C23H28BrN3O4. The van der Waals surface area contributed by atoms with Crippen molar-refractivity contribution in [1.29, 1.82) is 0 Å². The Hall–Kier alpha value is -2.42. The summed E-state index contributed by atoms with van der Waals surface area (Å²) in [5.74, 6) is 0.403. The molecule has 7 nitrogen and oxygen atoms in total. The van der Waals surface area contributed by atoms with E-state index in [1.54, 1.807) is 19.1 Å². The molecule has 1 atom stereocenters. The highest BCUT2D eigenvalue weighted by Crippen LogP contribution is 2.17. The second-order valence-electron chi connectivity index (χ2n) is 7.38. The van der Waals surface area contributed by atoms with Gasteiger partial charge >= 0.3 is 0 Å². The smallest absolute Gasteiger partial charge is 0.261 e. The third kappa shape index (κ3) is 7.97. The predicted molar refractivity (Wildman–Crippen MR) is 123 cm³/mol. The summed E-state index contributed by atoms with van der Waals surface area (Å²) >= 11 is 3.37. The minimum Gasteiger partial charge on any atom is -0.481 e. The first-order valence-electron chi connectivity index (χ1n) is 10.4. The minimum atomic E-state index is -0.621. The van der Waals surface area contributed by atoms with Gasteiger partial charge in [0.15, 0.2) is 6.10 Å². The maximum absolute atomic E-state index is 12.4. The Labute approximate surface area is 191 Å². The van der Waals surface area contributed by atoms with E-state index in [0.717, 1.165) is 48.6 Å². The number of halogens is 1. The fourth-order valence-corrected chi connectivity index (χ4v) is 3.44. The SMILES string of the molecule is CC(Oc1ccc(Br)cc1)C(=O)NCc1cccc(NC(=O)CCN2CCOCC2)c1. The second-order valence-corrected chi connectivity index (χ2v) is 8.30. The van der Waals surface area contributed by atoms with Gasteiger partial charge in [-0.2, -0.15) is 0 Å². The average molecular weight is 490 g/mol. The van der Waals surface area contributed by atoms with Crippen LogP contribution in [0.25, 0.3) is 0 Å². The van der Waals surface area contributed by atoms with Crippen molar-refractivity contribution in [3.8, 4) is 5.75 Å². The van der Waals surface area contributed by atoms with Crippen molar-refractivity contribution in [3.63, 3.8) is 0 Å². The van der Waals surface area contributed by atoms with Crippen LogP contribution in [-0.4, -0.2) is 55.7 Å². The molecule has 1 heterocycles. The summed E-state index contributed by atoms with van der Waals surface area (Å²) in [4.78, 5) is 26.8. The van der Waals surface area contributed by atoms with E-state index in [1.165, 1.54) is 0 Å². The number of ether oxygens (including phenoxy) is 2. The topological polar surface area (TPSA) is 79.9 Å². The van der Waals surface area contributed by atoms with Crippen LogP contribution >= 0.6 is 15.9 Å². The van der Waals surface area contributed by atoms with Gasteiger partial charge in [-0.25, -0.2) is 0 Å². The Kier molecular flexibility index (Phi) is 8.87. The van der Waals surface area contributed by atoms with Gasteiger partial charge in [0.05, 0.1) is 13.2 Å². The lowest BCUT2D eigenvalue weighted by Crippen LogP contribution is -2.38. The fourth-order valence-electron chi connectivity index (χ4n) is 3.17. The van der Waals surface area contributed by atoms with Crippen molar-refractivity contribution >= 4 is 33.4 Å². The van der Waals surface area contributed by atoms with Gasteiger partial charge in [0.2, 0.25) is 5.91 Å². The molecule has 0 aliphatic carbocycles. The van der Waals surface area contributed by atoms with Gasteiger partial charge in [0.1, 0.15) is 5.75 Å². The van der Waals surface area contributed by atoms with Gasteiger partial charge < -0.3 is 20.1 Å². The van der Waals surface area contributed by atoms with E-state index in [4.69, 9.17) is 9.47 Å². The molecule has 2 aromatic carbocycles. The first kappa shape index (κ1) is 23.2. The largest absolute Gasteiger partial charge is 0.481 e. The number of anilines is 1. The number of carbonyl (C=O) groups excluding carboxylic acids is 2. The summed E-state index contributed by atoms with van der Waals surface area (Å²) in [5.41, 5.74) is 1.62. The number of amides is 2. The molecule has 8 heteroatoms. The third-order valence-corrected chi connectivity index (χ3v) is 5.46. The minimum absolute atomic E-state index is 0.0239. The van der Waals surface area contributed by atoms with E-state index < -0.39 is 6.10 Å². The van der Waals surface area contributed by atoms with Gasteiger partial charge in [-0.05, 0) is 48.9 Å². The van der Waals surface area contributed by atoms with E-state index >= 15 is 0 Å². The molecular weight excluding hydrogens is 462 g/mol. The molecule has 0 saturated carbocycles. The second kappa shape index (κ2) is 11.8. The number of hydrogen-bond acceptors (Lipinski definition) is 5. The monoisotopic (exact) mass is 489 g/mol. The van der Waals surface area contributed by atoms with Crippen LogP contribution in [0.2, 0.25) is 0 Å². The van der Waals surface area contributed by atoms with Crippen LogP contribution in [0.5, 0.6) is 5.75 Å². The Morgan fingerprint density at radius 2 is 1.90 bits per heavy atom. The number of benzene rings is 2. The number of hydrogen-bond donors (Lipinski definition) is 2. The Bertz CT molecular complexity index is 869. The van der Waals surface area contributed by atoms with Gasteiger partial charge in [0.25, 0.3) is 5.91 Å². The zero-order valence-electron chi connectivity index (χ0n) is 17.6. The molecule has 1 unspecified atom stereocenters. The number of carbonyl (C=O) groups is 2. The molecule has 2 amide bonds. The molecule has 3 rings (SSSR count). The lowest BCUT2D eigenvalue weighted by Gasteiger charge is -2.26. The van der Waals surface area contributed by atoms with Gasteiger partial charge in [0, 0.05) is 42.8 Å². The van der Waals surface area contributed by atoms with Crippen molar-refractivity contribution in [2.45, 2.75) is 26.0 Å². The highest BCUT2D eigenvalue weighted by Gasteiger charge is 2.15. The van der Waals surface area contributed by atoms with Crippen LogP contribution in [0.1, 0.15) is 18.9 Å². The number of morpholine rings is 1. The lowest BCUT2D eigenvalue weighted by atomic mass is 10.2. The maximum atomic E-state index is 12.4.